The van der Waals surface area contributed by atoms with E-state index in [1.54, 1.807) is 13.8 Å². The van der Waals surface area contributed by atoms with Crippen molar-refractivity contribution in [3.05, 3.63) is 0 Å². The summed E-state index contributed by atoms with van der Waals surface area (Å²) in [5, 5.41) is 70.7. The highest BCUT2D eigenvalue weighted by molar-refractivity contribution is 5.66. The molecule has 12 atom stereocenters. The molecule has 5 aliphatic rings. The smallest absolute Gasteiger partial charge is 0.303 e. The lowest BCUT2D eigenvalue weighted by atomic mass is 9.53. The van der Waals surface area contributed by atoms with Crippen molar-refractivity contribution in [1.29, 1.82) is 0 Å². The van der Waals surface area contributed by atoms with Gasteiger partial charge in [-0.15, -0.1) is 0 Å². The fraction of sp³-hybridized carbons (Fsp3) is 0.955. The molecule has 31 heavy (non-hydrogen) atoms. The summed E-state index contributed by atoms with van der Waals surface area (Å²) in [6.07, 6.45) is -5.77. The van der Waals surface area contributed by atoms with Crippen LogP contribution in [0.15, 0.2) is 0 Å². The highest BCUT2D eigenvalue weighted by atomic mass is 16.6. The van der Waals surface area contributed by atoms with E-state index in [1.807, 2.05) is 0 Å². The second kappa shape index (κ2) is 5.63. The maximum atomic E-state index is 12.2. The summed E-state index contributed by atoms with van der Waals surface area (Å²) in [5.41, 5.74) is -10.4. The van der Waals surface area contributed by atoms with Gasteiger partial charge in [0, 0.05) is 18.3 Å². The number of aliphatic hydroxyl groups is 6. The molecule has 0 unspecified atom stereocenters. The van der Waals surface area contributed by atoms with E-state index in [0.717, 1.165) is 6.92 Å². The monoisotopic (exact) mass is 442 g/mol. The minimum absolute atomic E-state index is 0.00781. The summed E-state index contributed by atoms with van der Waals surface area (Å²) < 4.78 is 11.3. The van der Waals surface area contributed by atoms with E-state index in [1.165, 1.54) is 13.8 Å². The van der Waals surface area contributed by atoms with Crippen LogP contribution in [0.5, 0.6) is 0 Å². The van der Waals surface area contributed by atoms with Gasteiger partial charge in [-0.2, -0.15) is 0 Å². The van der Waals surface area contributed by atoms with E-state index in [2.05, 4.69) is 0 Å². The lowest BCUT2D eigenvalue weighted by Gasteiger charge is -2.58. The van der Waals surface area contributed by atoms with Crippen molar-refractivity contribution < 1.29 is 44.9 Å². The Morgan fingerprint density at radius 1 is 1.03 bits per heavy atom. The van der Waals surface area contributed by atoms with E-state index in [0.29, 0.717) is 0 Å². The molecule has 176 valence electrons. The van der Waals surface area contributed by atoms with Crippen molar-refractivity contribution >= 4 is 5.97 Å². The van der Waals surface area contributed by atoms with Crippen molar-refractivity contribution in [3.8, 4) is 0 Å². The Kier molecular flexibility index (Phi) is 4.00. The first-order chi connectivity index (χ1) is 14.0. The Hall–Kier alpha value is -0.810. The zero-order valence-electron chi connectivity index (χ0n) is 18.6. The van der Waals surface area contributed by atoms with E-state index in [9.17, 15) is 35.4 Å². The molecule has 1 heterocycles. The molecule has 0 aromatic rings. The zero-order chi connectivity index (χ0) is 23.2. The van der Waals surface area contributed by atoms with Gasteiger partial charge in [0.25, 0.3) is 0 Å². The molecular weight excluding hydrogens is 408 g/mol. The van der Waals surface area contributed by atoms with E-state index in [-0.39, 0.29) is 19.3 Å². The molecule has 0 amide bonds. The maximum absolute atomic E-state index is 12.2. The zero-order valence-corrected chi connectivity index (χ0v) is 18.6. The minimum Gasteiger partial charge on any atom is -0.457 e. The SMILES string of the molecule is CC(=O)O[C@@H]1[C@@H](O)[C@]23C[C@@](C)(O)[C@H](CC[C@@]2(O)[C@@](C)(O)[C@@H]2[C@@H]4O[C@@H]4C(C)(C)[C@@]12O)[C@H]3O. The summed E-state index contributed by atoms with van der Waals surface area (Å²) in [5.74, 6) is -2.50. The molecule has 0 radical (unpaired) electrons. The molecule has 6 N–H and O–H groups in total. The van der Waals surface area contributed by atoms with Gasteiger partial charge in [-0.05, 0) is 33.1 Å². The second-order valence-corrected chi connectivity index (χ2v) is 11.7. The summed E-state index contributed by atoms with van der Waals surface area (Å²) in [4.78, 5) is 12.1. The number of fused-ring (bicyclic) bond motifs is 4. The molecule has 4 saturated carbocycles. The largest absolute Gasteiger partial charge is 0.457 e. The summed E-state index contributed by atoms with van der Waals surface area (Å²) >= 11 is 0. The third kappa shape index (κ3) is 2.07. The number of carbonyl (C=O) groups excluding carboxylic acids is 1. The van der Waals surface area contributed by atoms with E-state index in [4.69, 9.17) is 9.47 Å². The Labute approximate surface area is 181 Å². The lowest BCUT2D eigenvalue weighted by molar-refractivity contribution is -0.287. The molecule has 0 aromatic heterocycles. The number of ether oxygens (including phenoxy) is 2. The predicted molar refractivity (Wildman–Crippen MR) is 104 cm³/mol. The van der Waals surface area contributed by atoms with Gasteiger partial charge in [0.2, 0.25) is 0 Å². The number of epoxide rings is 1. The first-order valence-corrected chi connectivity index (χ1v) is 11.1. The first kappa shape index (κ1) is 22.0. The van der Waals surface area contributed by atoms with Crippen LogP contribution in [0.4, 0.5) is 0 Å². The molecule has 0 aromatic carbocycles. The molecule has 9 nitrogen and oxygen atoms in total. The van der Waals surface area contributed by atoms with Gasteiger partial charge in [-0.25, -0.2) is 0 Å². The summed E-state index contributed by atoms with van der Waals surface area (Å²) in [7, 11) is 0. The van der Waals surface area contributed by atoms with Gasteiger partial charge in [-0.1, -0.05) is 13.8 Å². The average Bonchev–Trinajstić information content (AvgIpc) is 3.35. The number of carbonyl (C=O) groups is 1. The minimum atomic E-state index is -2.08. The van der Waals surface area contributed by atoms with Crippen LogP contribution in [0.1, 0.15) is 53.9 Å². The fourth-order valence-electron chi connectivity index (χ4n) is 8.46. The van der Waals surface area contributed by atoms with Crippen LogP contribution in [-0.2, 0) is 14.3 Å². The van der Waals surface area contributed by atoms with Crippen molar-refractivity contribution in [2.75, 3.05) is 0 Å². The highest BCUT2D eigenvalue weighted by Gasteiger charge is 2.89. The highest BCUT2D eigenvalue weighted by Crippen LogP contribution is 2.74. The van der Waals surface area contributed by atoms with E-state index >= 15 is 0 Å². The molecule has 1 spiro atoms. The normalized spacial score (nSPS) is 63.5. The Bertz CT molecular complexity index is 839. The fourth-order valence-corrected chi connectivity index (χ4v) is 8.46. The van der Waals surface area contributed by atoms with Crippen LogP contribution in [0, 0.1) is 22.7 Å². The second-order valence-electron chi connectivity index (χ2n) is 11.7. The van der Waals surface area contributed by atoms with E-state index < -0.39 is 81.6 Å². The van der Waals surface area contributed by atoms with Crippen molar-refractivity contribution in [2.24, 2.45) is 22.7 Å². The molecule has 2 bridgehead atoms. The molecule has 1 aliphatic heterocycles. The molecule has 1 saturated heterocycles. The quantitative estimate of drug-likeness (QED) is 0.217. The predicted octanol–water partition coefficient (Wildman–Crippen LogP) is -1.16. The standard InChI is InChI=1S/C22H34O9/c1-9(23)30-16-14(25)20-8-18(4,26)10(13(20)24)6-7-21(20,28)19(5,27)12-11-15(31-11)17(2,3)22(12,16)29/h10-16,24-29H,6-8H2,1-5H3/t10-,11+,12+,13-,14-,15+,16-,18-,19+,20-,21-,22+/m1/s1. The number of esters is 1. The molecular formula is C22H34O9. The van der Waals surface area contributed by atoms with Crippen LogP contribution in [0.25, 0.3) is 0 Å². The van der Waals surface area contributed by atoms with Gasteiger partial charge in [-0.3, -0.25) is 4.79 Å². The van der Waals surface area contributed by atoms with Crippen LogP contribution >= 0.6 is 0 Å². The summed E-state index contributed by atoms with van der Waals surface area (Å²) in [6, 6.07) is 0. The first-order valence-electron chi connectivity index (χ1n) is 11.1. The van der Waals surface area contributed by atoms with Gasteiger partial charge >= 0.3 is 5.97 Å². The number of rotatable bonds is 1. The van der Waals surface area contributed by atoms with Crippen molar-refractivity contribution in [1.82, 2.24) is 0 Å². The molecule has 4 aliphatic carbocycles. The van der Waals surface area contributed by atoms with Crippen molar-refractivity contribution in [2.45, 2.75) is 107 Å². The lowest BCUT2D eigenvalue weighted by Crippen LogP contribution is -2.72. The third-order valence-corrected chi connectivity index (χ3v) is 10.0. The molecule has 5 fully saturated rings. The van der Waals surface area contributed by atoms with Gasteiger partial charge < -0.3 is 40.1 Å². The topological polar surface area (TPSA) is 160 Å². The molecule has 5 rings (SSSR count). The number of aliphatic hydroxyl groups excluding tert-OH is 2. The Morgan fingerprint density at radius 2 is 1.65 bits per heavy atom. The van der Waals surface area contributed by atoms with Crippen LogP contribution in [0.2, 0.25) is 0 Å². The summed E-state index contributed by atoms with van der Waals surface area (Å²) in [6.45, 7) is 7.53. The van der Waals surface area contributed by atoms with Gasteiger partial charge in [0.1, 0.15) is 17.3 Å². The Balaban J connectivity index is 1.81. The third-order valence-electron chi connectivity index (χ3n) is 10.0. The number of hydrogen-bond acceptors (Lipinski definition) is 9. The van der Waals surface area contributed by atoms with Crippen LogP contribution in [-0.4, -0.2) is 89.5 Å². The average molecular weight is 443 g/mol. The number of hydrogen-bond donors (Lipinski definition) is 6. The Morgan fingerprint density at radius 3 is 2.23 bits per heavy atom. The van der Waals surface area contributed by atoms with Gasteiger partial charge in [0.05, 0.1) is 40.8 Å². The van der Waals surface area contributed by atoms with Crippen LogP contribution in [0.3, 0.4) is 0 Å². The van der Waals surface area contributed by atoms with Gasteiger partial charge in [0.15, 0.2) is 6.10 Å². The van der Waals surface area contributed by atoms with Crippen LogP contribution < -0.4 is 0 Å². The van der Waals surface area contributed by atoms with Crippen molar-refractivity contribution in [3.63, 3.8) is 0 Å². The maximum Gasteiger partial charge on any atom is 0.303 e. The molecule has 9 heteroatoms.